The molecule has 0 bridgehead atoms. The zero-order valence-electron chi connectivity index (χ0n) is 11.0. The Kier molecular flexibility index (Phi) is 7.54. The highest BCUT2D eigenvalue weighted by atomic mass is 79.9. The van der Waals surface area contributed by atoms with Crippen molar-refractivity contribution in [3.05, 3.63) is 35.9 Å². The fourth-order valence-corrected chi connectivity index (χ4v) is 2.72. The van der Waals surface area contributed by atoms with Crippen LogP contribution in [0.25, 0.3) is 0 Å². The molecule has 0 aliphatic rings. The molecule has 1 rings (SSSR count). The molecule has 0 radical (unpaired) electrons. The highest BCUT2D eigenvalue weighted by Crippen LogP contribution is 2.11. The van der Waals surface area contributed by atoms with Gasteiger partial charge < -0.3 is 0 Å². The van der Waals surface area contributed by atoms with Crippen molar-refractivity contribution in [3.8, 4) is 0 Å². The molecule has 0 spiro atoms. The van der Waals surface area contributed by atoms with Crippen LogP contribution in [-0.4, -0.2) is 23.3 Å². The van der Waals surface area contributed by atoms with Crippen LogP contribution in [0.15, 0.2) is 30.3 Å². The van der Waals surface area contributed by atoms with Crippen molar-refractivity contribution in [3.63, 3.8) is 0 Å². The zero-order valence-corrected chi connectivity index (χ0v) is 12.6. The Bertz CT molecular complexity index is 286. The number of halogens is 1. The van der Waals surface area contributed by atoms with Gasteiger partial charge in [-0.15, -0.1) is 0 Å². The molecule has 2 heteroatoms. The predicted molar refractivity (Wildman–Crippen MR) is 79.6 cm³/mol. The molecule has 1 atom stereocenters. The molecule has 17 heavy (non-hydrogen) atoms. The van der Waals surface area contributed by atoms with E-state index in [1.54, 1.807) is 0 Å². The molecule has 1 unspecified atom stereocenters. The first-order valence-corrected chi connectivity index (χ1v) is 7.70. The van der Waals surface area contributed by atoms with Crippen molar-refractivity contribution in [2.24, 2.45) is 5.92 Å². The van der Waals surface area contributed by atoms with E-state index < -0.39 is 0 Å². The van der Waals surface area contributed by atoms with Gasteiger partial charge in [-0.1, -0.05) is 66.5 Å². The Hall–Kier alpha value is -0.340. The van der Waals surface area contributed by atoms with Crippen LogP contribution in [0.2, 0.25) is 0 Å². The van der Waals surface area contributed by atoms with Gasteiger partial charge in [-0.05, 0) is 17.9 Å². The van der Waals surface area contributed by atoms with E-state index >= 15 is 0 Å². The van der Waals surface area contributed by atoms with E-state index in [1.165, 1.54) is 24.9 Å². The maximum absolute atomic E-state index is 3.55. The normalized spacial score (nSPS) is 12.9. The Balaban J connectivity index is 2.48. The Morgan fingerprint density at radius 1 is 1.24 bits per heavy atom. The number of benzene rings is 1. The van der Waals surface area contributed by atoms with Gasteiger partial charge in [-0.25, -0.2) is 0 Å². The minimum absolute atomic E-state index is 0.794. The van der Waals surface area contributed by atoms with Crippen LogP contribution in [0.1, 0.15) is 32.3 Å². The Morgan fingerprint density at radius 2 is 1.94 bits per heavy atom. The molecule has 0 aromatic heterocycles. The van der Waals surface area contributed by atoms with E-state index in [1.807, 2.05) is 0 Å². The van der Waals surface area contributed by atoms with Gasteiger partial charge in [0.25, 0.3) is 0 Å². The molecule has 0 fully saturated rings. The van der Waals surface area contributed by atoms with Gasteiger partial charge in [0, 0.05) is 25.0 Å². The summed E-state index contributed by atoms with van der Waals surface area (Å²) in [5.74, 6) is 0.794. The van der Waals surface area contributed by atoms with Gasteiger partial charge in [0.05, 0.1) is 0 Å². The molecule has 0 saturated carbocycles. The zero-order chi connectivity index (χ0) is 12.5. The second-order valence-electron chi connectivity index (χ2n) is 4.80. The van der Waals surface area contributed by atoms with Gasteiger partial charge in [-0.2, -0.15) is 0 Å². The van der Waals surface area contributed by atoms with Gasteiger partial charge in [0.15, 0.2) is 0 Å². The molecule has 1 aromatic rings. The van der Waals surface area contributed by atoms with Crippen LogP contribution in [0, 0.1) is 5.92 Å². The maximum atomic E-state index is 3.55. The van der Waals surface area contributed by atoms with Crippen LogP contribution in [0.4, 0.5) is 0 Å². The first kappa shape index (κ1) is 14.7. The molecule has 0 N–H and O–H groups in total. The highest BCUT2D eigenvalue weighted by Gasteiger charge is 2.09. The first-order valence-electron chi connectivity index (χ1n) is 6.58. The summed E-state index contributed by atoms with van der Waals surface area (Å²) < 4.78 is 0. The molecule has 0 aliphatic heterocycles. The van der Waals surface area contributed by atoms with E-state index in [-0.39, 0.29) is 0 Å². The second-order valence-corrected chi connectivity index (χ2v) is 5.60. The van der Waals surface area contributed by atoms with Crippen LogP contribution in [0.3, 0.4) is 0 Å². The topological polar surface area (TPSA) is 3.24 Å². The minimum Gasteiger partial charge on any atom is -0.298 e. The summed E-state index contributed by atoms with van der Waals surface area (Å²) in [6.45, 7) is 8.02. The SMILES string of the molecule is CCCC(C)CN(CCBr)Cc1ccccc1. The van der Waals surface area contributed by atoms with Crippen molar-refractivity contribution < 1.29 is 0 Å². The van der Waals surface area contributed by atoms with Gasteiger partial charge in [0.2, 0.25) is 0 Å². The van der Waals surface area contributed by atoms with Gasteiger partial charge >= 0.3 is 0 Å². The minimum atomic E-state index is 0.794. The van der Waals surface area contributed by atoms with Crippen molar-refractivity contribution in [2.45, 2.75) is 33.2 Å². The summed E-state index contributed by atoms with van der Waals surface area (Å²) in [7, 11) is 0. The first-order chi connectivity index (χ1) is 8.26. The van der Waals surface area contributed by atoms with Crippen molar-refractivity contribution in [1.29, 1.82) is 0 Å². The smallest absolute Gasteiger partial charge is 0.0234 e. The van der Waals surface area contributed by atoms with E-state index in [9.17, 15) is 0 Å². The lowest BCUT2D eigenvalue weighted by Crippen LogP contribution is -2.30. The second kappa shape index (κ2) is 8.71. The lowest BCUT2D eigenvalue weighted by Gasteiger charge is -2.25. The third kappa shape index (κ3) is 6.23. The lowest BCUT2D eigenvalue weighted by molar-refractivity contribution is 0.237. The van der Waals surface area contributed by atoms with E-state index in [2.05, 4.69) is 65.0 Å². The summed E-state index contributed by atoms with van der Waals surface area (Å²) in [4.78, 5) is 2.55. The lowest BCUT2D eigenvalue weighted by atomic mass is 10.1. The van der Waals surface area contributed by atoms with Crippen molar-refractivity contribution in [1.82, 2.24) is 4.90 Å². The molecular formula is C15H24BrN. The molecule has 0 amide bonds. The van der Waals surface area contributed by atoms with Gasteiger partial charge in [-0.3, -0.25) is 4.90 Å². The monoisotopic (exact) mass is 297 g/mol. The number of nitrogens with zero attached hydrogens (tertiary/aromatic N) is 1. The molecule has 96 valence electrons. The molecule has 0 saturated heterocycles. The van der Waals surface area contributed by atoms with Crippen LogP contribution >= 0.6 is 15.9 Å². The van der Waals surface area contributed by atoms with Crippen molar-refractivity contribution >= 4 is 15.9 Å². The van der Waals surface area contributed by atoms with E-state index in [4.69, 9.17) is 0 Å². The number of hydrogen-bond donors (Lipinski definition) is 0. The third-order valence-corrected chi connectivity index (χ3v) is 3.36. The summed E-state index contributed by atoms with van der Waals surface area (Å²) >= 11 is 3.55. The fraction of sp³-hybridized carbons (Fsp3) is 0.600. The average Bonchev–Trinajstić information content (AvgIpc) is 2.31. The quantitative estimate of drug-likeness (QED) is 0.646. The van der Waals surface area contributed by atoms with Crippen LogP contribution < -0.4 is 0 Å². The van der Waals surface area contributed by atoms with Gasteiger partial charge in [0.1, 0.15) is 0 Å². The predicted octanol–water partition coefficient (Wildman–Crippen LogP) is 4.32. The van der Waals surface area contributed by atoms with E-state index in [0.717, 1.165) is 24.3 Å². The molecular weight excluding hydrogens is 274 g/mol. The van der Waals surface area contributed by atoms with Crippen molar-refractivity contribution in [2.75, 3.05) is 18.4 Å². The molecule has 0 heterocycles. The number of hydrogen-bond acceptors (Lipinski definition) is 1. The van der Waals surface area contributed by atoms with Crippen LogP contribution in [-0.2, 0) is 6.54 Å². The third-order valence-electron chi connectivity index (χ3n) is 3.00. The summed E-state index contributed by atoms with van der Waals surface area (Å²) in [5.41, 5.74) is 1.41. The summed E-state index contributed by atoms with van der Waals surface area (Å²) in [6, 6.07) is 10.8. The maximum Gasteiger partial charge on any atom is 0.0234 e. The average molecular weight is 298 g/mol. The number of rotatable bonds is 8. The summed E-state index contributed by atoms with van der Waals surface area (Å²) in [5, 5.41) is 1.05. The highest BCUT2D eigenvalue weighted by molar-refractivity contribution is 9.09. The van der Waals surface area contributed by atoms with E-state index in [0.29, 0.717) is 0 Å². The molecule has 0 aliphatic carbocycles. The van der Waals surface area contributed by atoms with Crippen LogP contribution in [0.5, 0.6) is 0 Å². The largest absolute Gasteiger partial charge is 0.298 e. The summed E-state index contributed by atoms with van der Waals surface area (Å²) in [6.07, 6.45) is 2.61. The Morgan fingerprint density at radius 3 is 2.53 bits per heavy atom. The Labute approximate surface area is 114 Å². The molecule has 1 nitrogen and oxygen atoms in total. The number of alkyl halides is 1. The standard InChI is InChI=1S/C15H24BrN/c1-3-7-14(2)12-17(11-10-16)13-15-8-5-4-6-9-15/h4-6,8-9,14H,3,7,10-13H2,1-2H3. The molecule has 1 aromatic carbocycles. The fourth-order valence-electron chi connectivity index (χ4n) is 2.22.